The van der Waals surface area contributed by atoms with E-state index in [1.165, 1.54) is 0 Å². The SMILES string of the molecule is C=C/C=C\C(CN)C(C)C. The van der Waals surface area contributed by atoms with Gasteiger partial charge in [-0.2, -0.15) is 0 Å². The van der Waals surface area contributed by atoms with Gasteiger partial charge in [-0.05, 0) is 18.4 Å². The van der Waals surface area contributed by atoms with E-state index in [1.54, 1.807) is 6.08 Å². The molecule has 0 fully saturated rings. The Morgan fingerprint density at radius 3 is 2.40 bits per heavy atom. The fourth-order valence-electron chi connectivity index (χ4n) is 0.794. The first-order valence-corrected chi connectivity index (χ1v) is 3.71. The lowest BCUT2D eigenvalue weighted by Gasteiger charge is -2.12. The molecule has 1 atom stereocenters. The van der Waals surface area contributed by atoms with Gasteiger partial charge in [-0.1, -0.05) is 38.7 Å². The first-order chi connectivity index (χ1) is 4.72. The predicted octanol–water partition coefficient (Wildman–Crippen LogP) is 1.96. The Bertz CT molecular complexity index is 114. The van der Waals surface area contributed by atoms with Gasteiger partial charge < -0.3 is 5.73 Å². The van der Waals surface area contributed by atoms with E-state index < -0.39 is 0 Å². The third-order valence-corrected chi connectivity index (χ3v) is 1.62. The molecule has 0 aromatic rings. The van der Waals surface area contributed by atoms with Crippen LogP contribution in [0.2, 0.25) is 0 Å². The molecule has 0 aliphatic carbocycles. The monoisotopic (exact) mass is 139 g/mol. The molecule has 0 aliphatic rings. The Morgan fingerprint density at radius 1 is 1.50 bits per heavy atom. The van der Waals surface area contributed by atoms with Crippen molar-refractivity contribution in [1.29, 1.82) is 0 Å². The summed E-state index contributed by atoms with van der Waals surface area (Å²) in [4.78, 5) is 0. The van der Waals surface area contributed by atoms with Crippen molar-refractivity contribution in [2.45, 2.75) is 13.8 Å². The summed E-state index contributed by atoms with van der Waals surface area (Å²) in [7, 11) is 0. The standard InChI is InChI=1S/C9H17N/c1-4-5-6-9(7-10)8(2)3/h4-6,8-9H,1,7,10H2,2-3H3/b6-5-. The highest BCUT2D eigenvalue weighted by Gasteiger charge is 2.05. The van der Waals surface area contributed by atoms with Crippen LogP contribution in [0.15, 0.2) is 24.8 Å². The summed E-state index contributed by atoms with van der Waals surface area (Å²) in [6.45, 7) is 8.67. The highest BCUT2D eigenvalue weighted by atomic mass is 14.5. The van der Waals surface area contributed by atoms with E-state index >= 15 is 0 Å². The van der Waals surface area contributed by atoms with Crippen molar-refractivity contribution in [2.75, 3.05) is 6.54 Å². The van der Waals surface area contributed by atoms with E-state index in [4.69, 9.17) is 5.73 Å². The molecular weight excluding hydrogens is 122 g/mol. The molecule has 0 bridgehead atoms. The maximum atomic E-state index is 5.53. The normalized spacial score (nSPS) is 14.4. The number of rotatable bonds is 4. The summed E-state index contributed by atoms with van der Waals surface area (Å²) in [6, 6.07) is 0. The highest BCUT2D eigenvalue weighted by Crippen LogP contribution is 2.09. The van der Waals surface area contributed by atoms with Gasteiger partial charge in [0.05, 0.1) is 0 Å². The van der Waals surface area contributed by atoms with Gasteiger partial charge in [0.2, 0.25) is 0 Å². The molecule has 0 aliphatic heterocycles. The van der Waals surface area contributed by atoms with Crippen molar-refractivity contribution in [2.24, 2.45) is 17.6 Å². The second-order valence-corrected chi connectivity index (χ2v) is 2.76. The molecule has 1 nitrogen and oxygen atoms in total. The minimum atomic E-state index is 0.498. The number of hydrogen-bond acceptors (Lipinski definition) is 1. The van der Waals surface area contributed by atoms with Gasteiger partial charge in [0.25, 0.3) is 0 Å². The first-order valence-electron chi connectivity index (χ1n) is 3.71. The van der Waals surface area contributed by atoms with Crippen LogP contribution >= 0.6 is 0 Å². The average molecular weight is 139 g/mol. The molecule has 58 valence electrons. The Balaban J connectivity index is 3.82. The molecule has 0 aromatic heterocycles. The van der Waals surface area contributed by atoms with Gasteiger partial charge in [0, 0.05) is 0 Å². The van der Waals surface area contributed by atoms with Crippen LogP contribution in [0.1, 0.15) is 13.8 Å². The average Bonchev–Trinajstić information content (AvgIpc) is 1.89. The number of nitrogens with two attached hydrogens (primary N) is 1. The van der Waals surface area contributed by atoms with E-state index in [0.29, 0.717) is 11.8 Å². The van der Waals surface area contributed by atoms with Crippen molar-refractivity contribution in [3.8, 4) is 0 Å². The quantitative estimate of drug-likeness (QED) is 0.592. The van der Waals surface area contributed by atoms with Gasteiger partial charge in [0.1, 0.15) is 0 Å². The van der Waals surface area contributed by atoms with Crippen LogP contribution in [0.5, 0.6) is 0 Å². The lowest BCUT2D eigenvalue weighted by Crippen LogP contribution is -2.17. The van der Waals surface area contributed by atoms with Crippen LogP contribution in [0.4, 0.5) is 0 Å². The molecule has 1 unspecified atom stereocenters. The lowest BCUT2D eigenvalue weighted by atomic mass is 9.96. The molecule has 1 heteroatoms. The van der Waals surface area contributed by atoms with Crippen LogP contribution in [0, 0.1) is 11.8 Å². The summed E-state index contributed by atoms with van der Waals surface area (Å²) >= 11 is 0. The second-order valence-electron chi connectivity index (χ2n) is 2.76. The Hall–Kier alpha value is -0.560. The highest BCUT2D eigenvalue weighted by molar-refractivity contribution is 5.00. The maximum absolute atomic E-state index is 5.53. The first kappa shape index (κ1) is 9.44. The van der Waals surface area contributed by atoms with Crippen LogP contribution in [-0.2, 0) is 0 Å². The smallest absolute Gasteiger partial charge is 0.00116 e. The summed E-state index contributed by atoms with van der Waals surface area (Å²) < 4.78 is 0. The minimum absolute atomic E-state index is 0.498. The van der Waals surface area contributed by atoms with Crippen molar-refractivity contribution in [1.82, 2.24) is 0 Å². The van der Waals surface area contributed by atoms with E-state index in [-0.39, 0.29) is 0 Å². The molecule has 0 aromatic carbocycles. The summed E-state index contributed by atoms with van der Waals surface area (Å²) in [5, 5.41) is 0. The third-order valence-electron chi connectivity index (χ3n) is 1.62. The Morgan fingerprint density at radius 2 is 2.10 bits per heavy atom. The van der Waals surface area contributed by atoms with Gasteiger partial charge in [-0.3, -0.25) is 0 Å². The number of hydrogen-bond donors (Lipinski definition) is 1. The molecule has 0 heterocycles. The Labute approximate surface area is 63.6 Å². The number of allylic oxidation sites excluding steroid dienone is 2. The fraction of sp³-hybridized carbons (Fsp3) is 0.556. The Kier molecular flexibility index (Phi) is 4.95. The molecule has 0 rings (SSSR count). The van der Waals surface area contributed by atoms with Crippen LogP contribution in [0.3, 0.4) is 0 Å². The maximum Gasteiger partial charge on any atom is -0.00116 e. The largest absolute Gasteiger partial charge is 0.330 e. The van der Waals surface area contributed by atoms with Crippen LogP contribution in [0.25, 0.3) is 0 Å². The minimum Gasteiger partial charge on any atom is -0.330 e. The topological polar surface area (TPSA) is 26.0 Å². The van der Waals surface area contributed by atoms with Gasteiger partial charge in [0.15, 0.2) is 0 Å². The zero-order valence-corrected chi connectivity index (χ0v) is 6.88. The van der Waals surface area contributed by atoms with E-state index in [1.807, 2.05) is 6.08 Å². The van der Waals surface area contributed by atoms with Crippen LogP contribution < -0.4 is 5.73 Å². The second kappa shape index (κ2) is 5.24. The zero-order valence-electron chi connectivity index (χ0n) is 6.88. The van der Waals surface area contributed by atoms with Gasteiger partial charge >= 0.3 is 0 Å². The van der Waals surface area contributed by atoms with Gasteiger partial charge in [-0.25, -0.2) is 0 Å². The predicted molar refractivity (Wildman–Crippen MR) is 46.7 cm³/mol. The fourth-order valence-corrected chi connectivity index (χ4v) is 0.794. The van der Waals surface area contributed by atoms with Crippen molar-refractivity contribution < 1.29 is 0 Å². The molecule has 0 radical (unpaired) electrons. The summed E-state index contributed by atoms with van der Waals surface area (Å²) in [5.41, 5.74) is 5.53. The molecule has 0 saturated heterocycles. The van der Waals surface area contributed by atoms with E-state index in [9.17, 15) is 0 Å². The molecule has 0 spiro atoms. The van der Waals surface area contributed by atoms with Gasteiger partial charge in [-0.15, -0.1) is 0 Å². The van der Waals surface area contributed by atoms with Crippen molar-refractivity contribution in [3.05, 3.63) is 24.8 Å². The van der Waals surface area contributed by atoms with Crippen LogP contribution in [-0.4, -0.2) is 6.54 Å². The zero-order chi connectivity index (χ0) is 7.98. The molecule has 0 amide bonds. The van der Waals surface area contributed by atoms with Crippen molar-refractivity contribution in [3.63, 3.8) is 0 Å². The van der Waals surface area contributed by atoms with E-state index in [2.05, 4.69) is 26.5 Å². The summed E-state index contributed by atoms with van der Waals surface area (Å²) in [5.74, 6) is 1.12. The molecule has 0 saturated carbocycles. The van der Waals surface area contributed by atoms with E-state index in [0.717, 1.165) is 6.54 Å². The van der Waals surface area contributed by atoms with Crippen molar-refractivity contribution >= 4 is 0 Å². The third kappa shape index (κ3) is 3.46. The molecule has 10 heavy (non-hydrogen) atoms. The lowest BCUT2D eigenvalue weighted by molar-refractivity contribution is 0.475. The molecular formula is C9H17N. The molecule has 2 N–H and O–H groups in total. The summed E-state index contributed by atoms with van der Waals surface area (Å²) in [6.07, 6.45) is 5.85.